The minimum Gasteiger partial charge on any atom is -0.508 e. The average molecular weight is 1620 g/mol. The first kappa shape index (κ1) is 107. The first-order chi connectivity index (χ1) is 53.6. The summed E-state index contributed by atoms with van der Waals surface area (Å²) in [6, 6.07) is 35.9. The van der Waals surface area contributed by atoms with Crippen LogP contribution in [0.4, 0.5) is 0 Å². The zero-order valence-electron chi connectivity index (χ0n) is 79.5. The highest BCUT2D eigenvalue weighted by atomic mass is 16.5. The van der Waals surface area contributed by atoms with Crippen LogP contribution in [0.15, 0.2) is 121 Å². The van der Waals surface area contributed by atoms with Crippen molar-refractivity contribution in [2.75, 3.05) is 13.7 Å². The van der Waals surface area contributed by atoms with E-state index in [2.05, 4.69) is 251 Å². The molecule has 117 heavy (non-hydrogen) atoms. The predicted molar refractivity (Wildman–Crippen MR) is 497 cm³/mol. The van der Waals surface area contributed by atoms with Crippen molar-refractivity contribution in [1.29, 1.82) is 0 Å². The van der Waals surface area contributed by atoms with Gasteiger partial charge in [0.25, 0.3) is 0 Å². The van der Waals surface area contributed by atoms with E-state index in [4.69, 9.17) is 29.9 Å². The summed E-state index contributed by atoms with van der Waals surface area (Å²) < 4.78 is 10.4. The Morgan fingerprint density at radius 2 is 0.641 bits per heavy atom. The second-order valence-electron chi connectivity index (χ2n) is 41.4. The summed E-state index contributed by atoms with van der Waals surface area (Å²) in [4.78, 5) is 12.3. The first-order valence-corrected chi connectivity index (χ1v) is 43.6. The first-order valence-electron chi connectivity index (χ1n) is 43.6. The molecule has 9 N–H and O–H groups in total. The van der Waals surface area contributed by atoms with Crippen LogP contribution in [0, 0.1) is 6.92 Å². The Balaban J connectivity index is 0.000000732. The number of hydrogen-bond acceptors (Lipinski definition) is 12. The van der Waals surface area contributed by atoms with Crippen LogP contribution in [0.25, 0.3) is 0 Å². The summed E-state index contributed by atoms with van der Waals surface area (Å²) in [5, 5.41) is 86.5. The summed E-state index contributed by atoms with van der Waals surface area (Å²) in [7, 11) is 1.59. The van der Waals surface area contributed by atoms with Crippen molar-refractivity contribution in [3.63, 3.8) is 0 Å². The minimum atomic E-state index is -0.159. The van der Waals surface area contributed by atoms with Crippen LogP contribution in [0.1, 0.15) is 396 Å². The van der Waals surface area contributed by atoms with E-state index in [0.717, 1.165) is 80.6 Å². The van der Waals surface area contributed by atoms with Gasteiger partial charge in [-0.25, -0.2) is 0 Å². The lowest BCUT2D eigenvalue weighted by Crippen LogP contribution is -2.18. The van der Waals surface area contributed by atoms with Crippen molar-refractivity contribution in [3.8, 4) is 57.5 Å². The molecule has 0 heterocycles. The molecule has 7 rings (SSSR count). The molecular formula is C105H166O12. The zero-order valence-corrected chi connectivity index (χ0v) is 79.5. The maximum atomic E-state index is 12.3. The number of carbonyl (C=O) groups is 1. The van der Waals surface area contributed by atoms with Crippen LogP contribution in [-0.2, 0) is 64.7 Å². The van der Waals surface area contributed by atoms with Crippen LogP contribution < -0.4 is 4.74 Å². The average Bonchev–Trinajstić information content (AvgIpc) is 0.789. The van der Waals surface area contributed by atoms with Crippen LogP contribution in [0.3, 0.4) is 0 Å². The molecule has 1 unspecified atom stereocenters. The number of aromatic hydroxyl groups is 9. The summed E-state index contributed by atoms with van der Waals surface area (Å²) in [6.07, 6.45) is 23.6. The van der Waals surface area contributed by atoms with Crippen LogP contribution in [0.2, 0.25) is 0 Å². The van der Waals surface area contributed by atoms with Crippen LogP contribution in [0.5, 0.6) is 57.5 Å². The SMILES string of the molecule is CC(C)(C)c1ccc(O)c(O)c1.CC(C)(C)c1cccc(C(C)(C)C)c1O.CCC(C)c1cc(C(C)(C)C)c(O)c(C(C)(C)C)c1.CCCCCCCCCCCCCCCCCCOC(=O)CCc1cc(C(C)(C)C)c(O)c(C(C)(C)C)c1.COc1ccc(O)cc1.Cc1cc(C(C)(C)C)c(O)c(C(C)(C)C)c1.Oc1ccc(O)cc1. The number of ether oxygens (including phenoxy) is 2. The second-order valence-corrected chi connectivity index (χ2v) is 41.4. The topological polar surface area (TPSA) is 218 Å². The number of para-hydroxylation sites is 1. The van der Waals surface area contributed by atoms with Crippen molar-refractivity contribution in [3.05, 3.63) is 188 Å². The quantitative estimate of drug-likeness (QED) is 0.0127. The molecule has 1 atom stereocenters. The van der Waals surface area contributed by atoms with E-state index in [9.17, 15) is 30.3 Å². The summed E-state index contributed by atoms with van der Waals surface area (Å²) in [6.45, 7) is 66.7. The van der Waals surface area contributed by atoms with Gasteiger partial charge in [-0.2, -0.15) is 0 Å². The number of methoxy groups -OCH3 is 1. The highest BCUT2D eigenvalue weighted by Gasteiger charge is 2.31. The molecule has 0 saturated carbocycles. The van der Waals surface area contributed by atoms with Crippen molar-refractivity contribution in [2.45, 2.75) is 391 Å². The van der Waals surface area contributed by atoms with Gasteiger partial charge in [0.2, 0.25) is 0 Å². The second kappa shape index (κ2) is 48.3. The van der Waals surface area contributed by atoms with Gasteiger partial charge in [0.15, 0.2) is 11.5 Å². The molecule has 0 amide bonds. The fraction of sp³-hybridized carbons (Fsp3) is 0.590. The molecule has 0 aliphatic rings. The highest BCUT2D eigenvalue weighted by molar-refractivity contribution is 5.70. The number of aryl methyl sites for hydroxylation is 2. The smallest absolute Gasteiger partial charge is 0.306 e. The number of phenols is 9. The number of carbonyl (C=O) groups excluding carboxylic acids is 1. The normalized spacial score (nSPS) is 12.2. The molecule has 0 aliphatic carbocycles. The van der Waals surface area contributed by atoms with E-state index in [-0.39, 0.29) is 83.5 Å². The van der Waals surface area contributed by atoms with E-state index in [1.165, 1.54) is 131 Å². The molecule has 12 heteroatoms. The molecule has 0 bridgehead atoms. The fourth-order valence-electron chi connectivity index (χ4n) is 13.2. The van der Waals surface area contributed by atoms with Gasteiger partial charge in [0.05, 0.1) is 13.7 Å². The van der Waals surface area contributed by atoms with Gasteiger partial charge in [-0.1, -0.05) is 370 Å². The number of unbranched alkanes of at least 4 members (excludes halogenated alkanes) is 15. The maximum absolute atomic E-state index is 12.3. The number of hydrogen-bond donors (Lipinski definition) is 9. The molecule has 7 aromatic carbocycles. The molecular weight excluding hydrogens is 1450 g/mol. The molecule has 0 radical (unpaired) electrons. The molecule has 658 valence electrons. The van der Waals surface area contributed by atoms with Gasteiger partial charge < -0.3 is 55.4 Å². The molecule has 0 saturated heterocycles. The van der Waals surface area contributed by atoms with Gasteiger partial charge in [-0.05, 0) is 203 Å². The zero-order chi connectivity index (χ0) is 90.1. The molecule has 0 fully saturated rings. The lowest BCUT2D eigenvalue weighted by Gasteiger charge is -2.29. The van der Waals surface area contributed by atoms with E-state index in [0.29, 0.717) is 48.4 Å². The van der Waals surface area contributed by atoms with Gasteiger partial charge in [0, 0.05) is 6.42 Å². The Hall–Kier alpha value is -7.99. The van der Waals surface area contributed by atoms with Crippen molar-refractivity contribution in [2.24, 2.45) is 0 Å². The van der Waals surface area contributed by atoms with Gasteiger partial charge in [-0.3, -0.25) is 4.79 Å². The third kappa shape index (κ3) is 40.6. The number of rotatable bonds is 23. The molecule has 0 aliphatic heterocycles. The largest absolute Gasteiger partial charge is 0.508 e. The standard InChI is InChI=1S/C35H62O3.C18H30O.C15H24O.C14H22O.C10H14O2.C7H8O2.C6H6O2/c1-8-9-10-11-12-13-14-15-16-17-18-19-20-21-22-23-26-38-32(36)25-24-29-27-30(34(2,3)4)33(37)31(28-29)35(5,6)7;1-9-12(2)13-10-14(17(3,4)5)16(19)15(11-13)18(6,7)8;1-10-8-11(14(2,3)4)13(16)12(9-10)15(5,6)7;1-13(2,3)10-8-7-9-11(12(10)15)14(4,5)6;1-10(2,3)7-4-5-8(11)9(12)6-7;1-9-7-4-2-6(8)3-5-7;7-5-1-2-6(8)4-3-5/h27-28,37H,8-26H2,1-7H3;10-12,19H,9H2,1-8H3;8-9,16H,1-7H3;7-9,15H,1-6H3;4-6,11-12H,1-3H3;2-5,8H,1H3;1-4,7-8H. The van der Waals surface area contributed by atoms with Gasteiger partial charge in [0.1, 0.15) is 46.0 Å². The Kier molecular flexibility index (Phi) is 44.2. The number of benzene rings is 7. The predicted octanol–water partition coefficient (Wildman–Crippen LogP) is 29.4. The number of phenolic OH excluding ortho intramolecular Hbond substituents is 9. The summed E-state index contributed by atoms with van der Waals surface area (Å²) in [5.41, 5.74) is 12.4. The minimum absolute atomic E-state index is 0.00514. The van der Waals surface area contributed by atoms with Crippen molar-refractivity contribution >= 4 is 5.97 Å². The van der Waals surface area contributed by atoms with Gasteiger partial charge >= 0.3 is 5.97 Å². The lowest BCUT2D eigenvalue weighted by molar-refractivity contribution is -0.143. The summed E-state index contributed by atoms with van der Waals surface area (Å²) in [5.74, 6) is 3.44. The Morgan fingerprint density at radius 3 is 0.940 bits per heavy atom. The van der Waals surface area contributed by atoms with Crippen LogP contribution in [-0.4, -0.2) is 65.6 Å². The third-order valence-corrected chi connectivity index (χ3v) is 20.9. The maximum Gasteiger partial charge on any atom is 0.306 e. The van der Waals surface area contributed by atoms with E-state index in [1.54, 1.807) is 37.4 Å². The molecule has 7 aromatic rings. The molecule has 12 nitrogen and oxygen atoms in total. The monoisotopic (exact) mass is 1620 g/mol. The highest BCUT2D eigenvalue weighted by Crippen LogP contribution is 2.45. The summed E-state index contributed by atoms with van der Waals surface area (Å²) >= 11 is 0. The van der Waals surface area contributed by atoms with E-state index < -0.39 is 0 Å². The van der Waals surface area contributed by atoms with Gasteiger partial charge in [-0.15, -0.1) is 0 Å². The van der Waals surface area contributed by atoms with Crippen molar-refractivity contribution < 1.29 is 60.2 Å². The van der Waals surface area contributed by atoms with E-state index >= 15 is 0 Å². The molecule has 0 spiro atoms. The Morgan fingerprint density at radius 1 is 0.342 bits per heavy atom. The fourth-order valence-corrected chi connectivity index (χ4v) is 13.2. The third-order valence-electron chi connectivity index (χ3n) is 20.9. The number of esters is 1. The van der Waals surface area contributed by atoms with E-state index in [1.807, 2.05) is 24.3 Å². The lowest BCUT2D eigenvalue weighted by atomic mass is 9.77. The Bertz CT molecular complexity index is 3840. The van der Waals surface area contributed by atoms with Crippen LogP contribution >= 0.6 is 0 Å². The van der Waals surface area contributed by atoms with Crippen molar-refractivity contribution in [1.82, 2.24) is 0 Å². The Labute approximate surface area is 712 Å². The molecule has 0 aromatic heterocycles.